The SMILES string of the molecule is CN(C)c1ccc([PH+](C2CCCCC2)C2CCCCC2)cc1.c1ccc([B-](c2ccccc2)(c2ccccc2)c2ccccc2)cc1. The van der Waals surface area contributed by atoms with Crippen molar-refractivity contribution in [2.24, 2.45) is 0 Å². The van der Waals surface area contributed by atoms with E-state index in [2.05, 4.69) is 165 Å². The van der Waals surface area contributed by atoms with Gasteiger partial charge in [0.25, 0.3) is 0 Å². The molecule has 0 N–H and O–H groups in total. The van der Waals surface area contributed by atoms with Crippen molar-refractivity contribution in [2.45, 2.75) is 75.5 Å². The van der Waals surface area contributed by atoms with E-state index in [4.69, 9.17) is 0 Å². The highest BCUT2D eigenvalue weighted by molar-refractivity contribution is 7.67. The molecule has 5 aromatic carbocycles. The molecule has 2 fully saturated rings. The summed E-state index contributed by atoms with van der Waals surface area (Å²) in [5.41, 5.74) is 8.80. The van der Waals surface area contributed by atoms with Crippen LogP contribution in [0.4, 0.5) is 5.69 Å². The van der Waals surface area contributed by atoms with E-state index in [0.717, 1.165) is 11.3 Å². The van der Waals surface area contributed by atoms with Gasteiger partial charge in [-0.2, -0.15) is 21.9 Å². The summed E-state index contributed by atoms with van der Waals surface area (Å²) >= 11 is 0. The van der Waals surface area contributed by atoms with Crippen LogP contribution in [-0.2, 0) is 0 Å². The van der Waals surface area contributed by atoms with Crippen molar-refractivity contribution < 1.29 is 0 Å². The van der Waals surface area contributed by atoms with Crippen LogP contribution in [0.25, 0.3) is 0 Å². The van der Waals surface area contributed by atoms with Crippen LogP contribution in [0.5, 0.6) is 0 Å². The largest absolute Gasteiger partial charge is 0.378 e. The highest BCUT2D eigenvalue weighted by Crippen LogP contribution is 2.54. The molecule has 0 amide bonds. The van der Waals surface area contributed by atoms with Gasteiger partial charge in [0.1, 0.15) is 6.15 Å². The Morgan fingerprint density at radius 1 is 0.426 bits per heavy atom. The van der Waals surface area contributed by atoms with Crippen molar-refractivity contribution in [1.82, 2.24) is 0 Å². The Balaban J connectivity index is 0.000000166. The second-order valence-corrected chi connectivity index (χ2v) is 17.2. The van der Waals surface area contributed by atoms with Gasteiger partial charge in [0.05, 0.1) is 16.6 Å². The molecule has 242 valence electrons. The molecule has 2 aliphatic carbocycles. The highest BCUT2D eigenvalue weighted by Gasteiger charge is 2.39. The van der Waals surface area contributed by atoms with Crippen LogP contribution in [-0.4, -0.2) is 31.6 Å². The lowest BCUT2D eigenvalue weighted by atomic mass is 9.13. The number of benzene rings is 5. The predicted molar refractivity (Wildman–Crippen MR) is 213 cm³/mol. The van der Waals surface area contributed by atoms with E-state index in [9.17, 15) is 0 Å². The number of anilines is 1. The van der Waals surface area contributed by atoms with E-state index in [1.54, 1.807) is 5.30 Å². The minimum absolute atomic E-state index is 0.384. The van der Waals surface area contributed by atoms with Gasteiger partial charge in [-0.25, -0.2) is 0 Å². The van der Waals surface area contributed by atoms with E-state index in [-0.39, 0.29) is 7.92 Å². The predicted octanol–water partition coefficient (Wildman–Crippen LogP) is 8.32. The van der Waals surface area contributed by atoms with Gasteiger partial charge in [-0.1, -0.05) is 134 Å². The third-order valence-electron chi connectivity index (χ3n) is 11.0. The summed E-state index contributed by atoms with van der Waals surface area (Å²) in [4.78, 5) is 2.22. The van der Waals surface area contributed by atoms with Crippen molar-refractivity contribution >= 4 is 46.9 Å². The zero-order valence-corrected chi connectivity index (χ0v) is 29.6. The average molecular weight is 638 g/mol. The van der Waals surface area contributed by atoms with Gasteiger partial charge < -0.3 is 4.90 Å². The van der Waals surface area contributed by atoms with Gasteiger partial charge in [-0.05, 0) is 75.6 Å². The molecule has 0 aliphatic heterocycles. The second kappa shape index (κ2) is 16.5. The number of hydrogen-bond acceptors (Lipinski definition) is 1. The Labute approximate surface area is 286 Å². The maximum Gasteiger partial charge on any atom is 0.108 e. The summed E-state index contributed by atoms with van der Waals surface area (Å²) in [6, 6.07) is 53.2. The topological polar surface area (TPSA) is 3.24 Å². The minimum Gasteiger partial charge on any atom is -0.378 e. The third kappa shape index (κ3) is 7.76. The molecule has 0 radical (unpaired) electrons. The fraction of sp³-hybridized carbons (Fsp3) is 0.318. The fourth-order valence-corrected chi connectivity index (χ4v) is 12.9. The number of rotatable bonds is 8. The lowest BCUT2D eigenvalue weighted by Gasteiger charge is -2.44. The lowest BCUT2D eigenvalue weighted by molar-refractivity contribution is 0.487. The molecule has 0 bridgehead atoms. The normalized spacial score (nSPS) is 15.9. The number of nitrogens with zero attached hydrogens (tertiary/aromatic N) is 1. The summed E-state index contributed by atoms with van der Waals surface area (Å²) < 4.78 is 0. The van der Waals surface area contributed by atoms with Gasteiger partial charge in [0.15, 0.2) is 0 Å². The molecule has 1 nitrogen and oxygen atoms in total. The zero-order valence-electron chi connectivity index (χ0n) is 28.6. The van der Waals surface area contributed by atoms with Crippen LogP contribution in [0.1, 0.15) is 64.2 Å². The molecule has 2 saturated carbocycles. The molecule has 0 unspecified atom stereocenters. The first-order valence-corrected chi connectivity index (χ1v) is 19.9. The molecule has 47 heavy (non-hydrogen) atoms. The average Bonchev–Trinajstić information content (AvgIpc) is 3.15. The van der Waals surface area contributed by atoms with Crippen molar-refractivity contribution in [3.05, 3.63) is 146 Å². The molecule has 0 saturated heterocycles. The van der Waals surface area contributed by atoms with Crippen molar-refractivity contribution in [1.29, 1.82) is 0 Å². The quantitative estimate of drug-likeness (QED) is 0.122. The van der Waals surface area contributed by atoms with Crippen LogP contribution in [0.15, 0.2) is 146 Å². The summed E-state index contributed by atoms with van der Waals surface area (Å²) in [6.07, 6.45) is 13.8. The van der Waals surface area contributed by atoms with Crippen LogP contribution in [0, 0.1) is 0 Å². The van der Waals surface area contributed by atoms with Crippen molar-refractivity contribution in [3.8, 4) is 0 Å². The molecule has 2 aliphatic rings. The van der Waals surface area contributed by atoms with Crippen LogP contribution >= 0.6 is 7.92 Å². The van der Waals surface area contributed by atoms with Gasteiger partial charge >= 0.3 is 0 Å². The fourth-order valence-electron chi connectivity index (χ4n) is 8.71. The molecule has 0 spiro atoms. The third-order valence-corrected chi connectivity index (χ3v) is 14.9. The second-order valence-electron chi connectivity index (χ2n) is 14.1. The molecule has 0 atom stereocenters. The first-order chi connectivity index (χ1) is 23.2. The van der Waals surface area contributed by atoms with Crippen LogP contribution < -0.4 is 32.1 Å². The number of hydrogen-bond donors (Lipinski definition) is 0. The first-order valence-electron chi connectivity index (χ1n) is 18.2. The van der Waals surface area contributed by atoms with E-state index >= 15 is 0 Å². The van der Waals surface area contributed by atoms with Gasteiger partial charge in [0, 0.05) is 27.7 Å². The Morgan fingerprint density at radius 3 is 1.04 bits per heavy atom. The van der Waals surface area contributed by atoms with E-state index in [1.165, 1.54) is 91.7 Å². The first kappa shape index (κ1) is 33.3. The van der Waals surface area contributed by atoms with Crippen LogP contribution in [0.2, 0.25) is 0 Å². The van der Waals surface area contributed by atoms with Crippen molar-refractivity contribution in [2.75, 3.05) is 19.0 Å². The zero-order chi connectivity index (χ0) is 32.3. The smallest absolute Gasteiger partial charge is 0.108 e. The van der Waals surface area contributed by atoms with E-state index < -0.39 is 6.15 Å². The molecule has 0 heterocycles. The molecule has 7 rings (SSSR count). The Morgan fingerprint density at radius 2 is 0.745 bits per heavy atom. The monoisotopic (exact) mass is 637 g/mol. The summed E-state index contributed by atoms with van der Waals surface area (Å²) in [7, 11) is 3.90. The molecular formula is C44H53BNP. The summed E-state index contributed by atoms with van der Waals surface area (Å²) in [5.74, 6) is 0. The highest BCUT2D eigenvalue weighted by atomic mass is 31.1. The van der Waals surface area contributed by atoms with Gasteiger partial charge in [-0.3, -0.25) is 0 Å². The van der Waals surface area contributed by atoms with Gasteiger partial charge in [-0.15, -0.1) is 0 Å². The maximum absolute atomic E-state index is 2.48. The minimum atomic E-state index is -1.22. The Hall–Kier alpha value is -3.61. The molecule has 5 aromatic rings. The molecule has 3 heteroatoms. The summed E-state index contributed by atoms with van der Waals surface area (Å²) in [6.45, 7) is 0. The van der Waals surface area contributed by atoms with Crippen LogP contribution in [0.3, 0.4) is 0 Å². The molecular weight excluding hydrogens is 584 g/mol. The Bertz CT molecular complexity index is 1410. The van der Waals surface area contributed by atoms with E-state index in [1.807, 2.05) is 0 Å². The summed E-state index contributed by atoms with van der Waals surface area (Å²) in [5, 5.41) is 1.73. The standard InChI is InChI=1S/C24H20B.C20H32NP/c1-5-13-21(14-6-1)25(22-15-7-2-8-16-22,23-17-9-3-10-18-23)24-19-11-4-12-20-24;1-21(2)17-13-15-20(16-14-17)22(18-9-5-3-6-10-18)19-11-7-4-8-12-19/h1-20H;13-16,18-19H,3-12H2,1-2H3/q-1;/p+1. The molecule has 0 aromatic heterocycles. The van der Waals surface area contributed by atoms with Gasteiger partial charge in [0.2, 0.25) is 0 Å². The maximum atomic E-state index is 2.48. The van der Waals surface area contributed by atoms with Crippen molar-refractivity contribution in [3.63, 3.8) is 0 Å². The Kier molecular flexibility index (Phi) is 11.7. The van der Waals surface area contributed by atoms with E-state index in [0.29, 0.717) is 0 Å². The lowest BCUT2D eigenvalue weighted by Crippen LogP contribution is -2.74.